The Bertz CT molecular complexity index is 787. The van der Waals surface area contributed by atoms with E-state index in [1.54, 1.807) is 0 Å². The SMILES string of the molecule is CC.c1ccc(CNC2CN3CCC2CC3)cc1.c1ccc(Cc2ccccc2)cc1. The quantitative estimate of drug-likeness (QED) is 0.537. The van der Waals surface area contributed by atoms with Crippen molar-refractivity contribution in [1.82, 2.24) is 10.2 Å². The summed E-state index contributed by atoms with van der Waals surface area (Å²) in [4.78, 5) is 2.60. The third-order valence-corrected chi connectivity index (χ3v) is 6.16. The topological polar surface area (TPSA) is 15.3 Å². The van der Waals surface area contributed by atoms with Crippen LogP contribution in [0.3, 0.4) is 0 Å². The monoisotopic (exact) mass is 414 g/mol. The van der Waals surface area contributed by atoms with E-state index in [1.165, 1.54) is 49.2 Å². The second-order valence-electron chi connectivity index (χ2n) is 8.26. The molecule has 3 aromatic carbocycles. The molecule has 3 aliphatic rings. The van der Waals surface area contributed by atoms with E-state index in [2.05, 4.69) is 101 Å². The van der Waals surface area contributed by atoms with E-state index >= 15 is 0 Å². The average molecular weight is 415 g/mol. The lowest BCUT2D eigenvalue weighted by molar-refractivity contribution is 0.0720. The number of hydrogen-bond acceptors (Lipinski definition) is 2. The van der Waals surface area contributed by atoms with Crippen LogP contribution >= 0.6 is 0 Å². The van der Waals surface area contributed by atoms with Gasteiger partial charge in [0.15, 0.2) is 0 Å². The summed E-state index contributed by atoms with van der Waals surface area (Å²) in [6.45, 7) is 8.94. The molecule has 0 radical (unpaired) electrons. The highest BCUT2D eigenvalue weighted by Gasteiger charge is 2.33. The van der Waals surface area contributed by atoms with Gasteiger partial charge >= 0.3 is 0 Å². The fraction of sp³-hybridized carbons (Fsp3) is 0.379. The molecule has 2 bridgehead atoms. The van der Waals surface area contributed by atoms with Crippen molar-refractivity contribution in [1.29, 1.82) is 0 Å². The molecule has 0 amide bonds. The molecule has 164 valence electrons. The van der Waals surface area contributed by atoms with Crippen LogP contribution in [0.5, 0.6) is 0 Å². The number of rotatable bonds is 5. The molecule has 0 spiro atoms. The van der Waals surface area contributed by atoms with E-state index < -0.39 is 0 Å². The normalized spacial score (nSPS) is 21.3. The molecule has 31 heavy (non-hydrogen) atoms. The molecule has 2 heteroatoms. The molecule has 2 nitrogen and oxygen atoms in total. The second-order valence-corrected chi connectivity index (χ2v) is 8.26. The van der Waals surface area contributed by atoms with E-state index in [0.29, 0.717) is 0 Å². The third-order valence-electron chi connectivity index (χ3n) is 6.16. The molecule has 1 N–H and O–H groups in total. The Kier molecular flexibility index (Phi) is 9.82. The van der Waals surface area contributed by atoms with Gasteiger partial charge < -0.3 is 10.2 Å². The van der Waals surface area contributed by atoms with Crippen molar-refractivity contribution in [3.63, 3.8) is 0 Å². The fourth-order valence-corrected chi connectivity index (χ4v) is 4.47. The van der Waals surface area contributed by atoms with Crippen molar-refractivity contribution in [2.45, 2.75) is 45.7 Å². The van der Waals surface area contributed by atoms with E-state index in [1.807, 2.05) is 13.8 Å². The molecule has 3 aromatic rings. The predicted octanol–water partition coefficient (Wildman–Crippen LogP) is 6.17. The van der Waals surface area contributed by atoms with Gasteiger partial charge in [0.25, 0.3) is 0 Å². The molecule has 3 heterocycles. The highest BCUT2D eigenvalue weighted by atomic mass is 15.2. The van der Waals surface area contributed by atoms with Crippen molar-refractivity contribution in [2.75, 3.05) is 19.6 Å². The molecule has 1 atom stereocenters. The van der Waals surface area contributed by atoms with Crippen LogP contribution in [-0.2, 0) is 13.0 Å². The first-order chi connectivity index (χ1) is 15.4. The van der Waals surface area contributed by atoms with E-state index in [9.17, 15) is 0 Å². The average Bonchev–Trinajstić information content (AvgIpc) is 2.87. The lowest BCUT2D eigenvalue weighted by atomic mass is 9.84. The fourth-order valence-electron chi connectivity index (χ4n) is 4.47. The van der Waals surface area contributed by atoms with Crippen molar-refractivity contribution < 1.29 is 0 Å². The van der Waals surface area contributed by atoms with E-state index in [4.69, 9.17) is 0 Å². The minimum Gasteiger partial charge on any atom is -0.308 e. The highest BCUT2D eigenvalue weighted by Crippen LogP contribution is 2.27. The lowest BCUT2D eigenvalue weighted by Crippen LogP contribution is -2.55. The van der Waals surface area contributed by atoms with Gasteiger partial charge in [0.1, 0.15) is 0 Å². The van der Waals surface area contributed by atoms with Crippen molar-refractivity contribution in [3.05, 3.63) is 108 Å². The lowest BCUT2D eigenvalue weighted by Gasteiger charge is -2.45. The summed E-state index contributed by atoms with van der Waals surface area (Å²) in [6, 6.07) is 32.5. The molecule has 3 saturated heterocycles. The van der Waals surface area contributed by atoms with Gasteiger partial charge in [-0.3, -0.25) is 0 Å². The Morgan fingerprint density at radius 1 is 0.677 bits per heavy atom. The van der Waals surface area contributed by atoms with Gasteiger partial charge in [0.05, 0.1) is 0 Å². The molecule has 0 saturated carbocycles. The number of fused-ring (bicyclic) bond motifs is 3. The molecule has 0 aliphatic carbocycles. The molecule has 1 unspecified atom stereocenters. The maximum atomic E-state index is 3.73. The summed E-state index contributed by atoms with van der Waals surface area (Å²) in [6.07, 6.45) is 3.82. The first-order valence-corrected chi connectivity index (χ1v) is 11.9. The Balaban J connectivity index is 0.000000166. The summed E-state index contributed by atoms with van der Waals surface area (Å²) in [5, 5.41) is 3.73. The minimum absolute atomic E-state index is 0.725. The second kappa shape index (κ2) is 13.1. The smallest absolute Gasteiger partial charge is 0.0227 e. The first-order valence-electron chi connectivity index (χ1n) is 11.9. The molecule has 0 aromatic heterocycles. The van der Waals surface area contributed by atoms with Gasteiger partial charge in [-0.15, -0.1) is 0 Å². The molecule has 3 aliphatic heterocycles. The summed E-state index contributed by atoms with van der Waals surface area (Å²) in [7, 11) is 0. The van der Waals surface area contributed by atoms with Crippen molar-refractivity contribution >= 4 is 0 Å². The summed E-state index contributed by atoms with van der Waals surface area (Å²) < 4.78 is 0. The van der Waals surface area contributed by atoms with Crippen LogP contribution in [0.25, 0.3) is 0 Å². The zero-order chi connectivity index (χ0) is 21.7. The molecule has 6 rings (SSSR count). The Hall–Kier alpha value is -2.42. The summed E-state index contributed by atoms with van der Waals surface area (Å²) in [5.74, 6) is 0.925. The maximum Gasteiger partial charge on any atom is 0.0227 e. The van der Waals surface area contributed by atoms with Crippen LogP contribution in [0.4, 0.5) is 0 Å². The summed E-state index contributed by atoms with van der Waals surface area (Å²) in [5.41, 5.74) is 4.14. The maximum absolute atomic E-state index is 3.73. The number of piperidine rings is 3. The molecule has 3 fully saturated rings. The predicted molar refractivity (Wildman–Crippen MR) is 133 cm³/mol. The number of nitrogens with zero attached hydrogens (tertiary/aromatic N) is 1. The van der Waals surface area contributed by atoms with Crippen LogP contribution in [0.1, 0.15) is 43.4 Å². The van der Waals surface area contributed by atoms with Crippen LogP contribution in [0.2, 0.25) is 0 Å². The Labute approximate surface area is 189 Å². The standard InChI is InChI=1S/C14H20N2.C13H12.C2H6/c1-2-4-12(5-3-1)10-15-14-11-16-8-6-13(14)7-9-16;1-3-7-12(8-4-1)11-13-9-5-2-6-10-13;1-2/h1-5,13-15H,6-11H2;1-10H,11H2;1-2H3. The van der Waals surface area contributed by atoms with Crippen LogP contribution in [-0.4, -0.2) is 30.6 Å². The summed E-state index contributed by atoms with van der Waals surface area (Å²) >= 11 is 0. The van der Waals surface area contributed by atoms with Gasteiger partial charge in [-0.2, -0.15) is 0 Å². The van der Waals surface area contributed by atoms with Gasteiger partial charge in [0, 0.05) is 19.1 Å². The number of hydrogen-bond donors (Lipinski definition) is 1. The van der Waals surface area contributed by atoms with Gasteiger partial charge in [-0.05, 0) is 55.0 Å². The Morgan fingerprint density at radius 2 is 1.13 bits per heavy atom. The van der Waals surface area contributed by atoms with E-state index in [-0.39, 0.29) is 0 Å². The minimum atomic E-state index is 0.725. The first kappa shape index (κ1) is 23.2. The van der Waals surface area contributed by atoms with Gasteiger partial charge in [0.2, 0.25) is 0 Å². The van der Waals surface area contributed by atoms with Gasteiger partial charge in [-0.25, -0.2) is 0 Å². The van der Waals surface area contributed by atoms with Gasteiger partial charge in [-0.1, -0.05) is 105 Å². The highest BCUT2D eigenvalue weighted by molar-refractivity contribution is 5.25. The van der Waals surface area contributed by atoms with Crippen LogP contribution in [0.15, 0.2) is 91.0 Å². The van der Waals surface area contributed by atoms with Crippen molar-refractivity contribution in [3.8, 4) is 0 Å². The third kappa shape index (κ3) is 7.65. The zero-order valence-electron chi connectivity index (χ0n) is 19.2. The van der Waals surface area contributed by atoms with E-state index in [0.717, 1.165) is 24.9 Å². The molecular weight excluding hydrogens is 376 g/mol. The largest absolute Gasteiger partial charge is 0.308 e. The number of benzene rings is 3. The van der Waals surface area contributed by atoms with Crippen LogP contribution in [0, 0.1) is 5.92 Å². The number of nitrogens with one attached hydrogen (secondary N) is 1. The molecular formula is C29H38N2. The van der Waals surface area contributed by atoms with Crippen LogP contribution < -0.4 is 5.32 Å². The zero-order valence-corrected chi connectivity index (χ0v) is 19.2. The van der Waals surface area contributed by atoms with Crippen molar-refractivity contribution in [2.24, 2.45) is 5.92 Å². The Morgan fingerprint density at radius 3 is 1.55 bits per heavy atom.